The Kier molecular flexibility index (Phi) is 5.40. The van der Waals surface area contributed by atoms with Crippen molar-refractivity contribution in [3.63, 3.8) is 0 Å². The highest BCUT2D eigenvalue weighted by molar-refractivity contribution is 6.01. The SMILES string of the molecule is COC(=O)c1ccccc1NC(=O)Cn1nc2c3cc(-c4ccc(C)c(C)c4)nn3ccn2c1=O. The lowest BCUT2D eigenvalue weighted by Gasteiger charge is -2.09. The molecule has 0 aliphatic rings. The number of para-hydroxylation sites is 1. The largest absolute Gasteiger partial charge is 0.465 e. The molecule has 0 spiro atoms. The van der Waals surface area contributed by atoms with E-state index >= 15 is 0 Å². The molecule has 1 N–H and O–H groups in total. The fourth-order valence-corrected chi connectivity index (χ4v) is 3.88. The van der Waals surface area contributed by atoms with Crippen molar-refractivity contribution in [1.29, 1.82) is 0 Å². The van der Waals surface area contributed by atoms with E-state index in [1.54, 1.807) is 41.2 Å². The summed E-state index contributed by atoms with van der Waals surface area (Å²) >= 11 is 0. The summed E-state index contributed by atoms with van der Waals surface area (Å²) in [5.74, 6) is -1.08. The van der Waals surface area contributed by atoms with Crippen molar-refractivity contribution in [1.82, 2.24) is 23.8 Å². The van der Waals surface area contributed by atoms with Crippen molar-refractivity contribution in [3.8, 4) is 11.3 Å². The first-order valence-corrected chi connectivity index (χ1v) is 10.9. The number of aryl methyl sites for hydroxylation is 2. The van der Waals surface area contributed by atoms with Gasteiger partial charge in [0, 0.05) is 18.0 Å². The van der Waals surface area contributed by atoms with Gasteiger partial charge in [-0.3, -0.25) is 4.79 Å². The molecule has 10 nitrogen and oxygen atoms in total. The molecule has 0 unspecified atom stereocenters. The third-order valence-electron chi connectivity index (χ3n) is 5.89. The number of anilines is 1. The van der Waals surface area contributed by atoms with Crippen LogP contribution in [0, 0.1) is 13.8 Å². The Balaban J connectivity index is 1.47. The van der Waals surface area contributed by atoms with E-state index in [4.69, 9.17) is 4.74 Å². The van der Waals surface area contributed by atoms with E-state index in [0.29, 0.717) is 11.2 Å². The average molecular weight is 470 g/mol. The van der Waals surface area contributed by atoms with Crippen LogP contribution in [0.4, 0.5) is 5.69 Å². The van der Waals surface area contributed by atoms with Gasteiger partial charge in [0.05, 0.1) is 24.1 Å². The second kappa shape index (κ2) is 8.56. The summed E-state index contributed by atoms with van der Waals surface area (Å²) in [5, 5.41) is 11.7. The van der Waals surface area contributed by atoms with E-state index in [2.05, 4.69) is 28.5 Å². The molecule has 1 amide bonds. The molecule has 0 fully saturated rings. The zero-order valence-electron chi connectivity index (χ0n) is 19.3. The van der Waals surface area contributed by atoms with Gasteiger partial charge in [-0.05, 0) is 49.2 Å². The predicted molar refractivity (Wildman–Crippen MR) is 130 cm³/mol. The summed E-state index contributed by atoms with van der Waals surface area (Å²) in [6.45, 7) is 3.76. The highest BCUT2D eigenvalue weighted by Gasteiger charge is 2.17. The summed E-state index contributed by atoms with van der Waals surface area (Å²) in [6, 6.07) is 14.4. The molecule has 0 bridgehead atoms. The van der Waals surface area contributed by atoms with Gasteiger partial charge >= 0.3 is 11.7 Å². The van der Waals surface area contributed by atoms with Crippen molar-refractivity contribution in [2.45, 2.75) is 20.4 Å². The number of hydrogen-bond acceptors (Lipinski definition) is 6. The van der Waals surface area contributed by atoms with E-state index in [1.807, 2.05) is 25.1 Å². The quantitative estimate of drug-likeness (QED) is 0.396. The summed E-state index contributed by atoms with van der Waals surface area (Å²) in [6.07, 6.45) is 3.24. The van der Waals surface area contributed by atoms with Gasteiger partial charge in [-0.15, -0.1) is 5.10 Å². The van der Waals surface area contributed by atoms with Crippen molar-refractivity contribution < 1.29 is 14.3 Å². The number of aromatic nitrogens is 5. The molecule has 0 saturated carbocycles. The number of benzene rings is 2. The molecule has 0 radical (unpaired) electrons. The van der Waals surface area contributed by atoms with Gasteiger partial charge in [-0.1, -0.05) is 24.3 Å². The highest BCUT2D eigenvalue weighted by atomic mass is 16.5. The minimum atomic E-state index is -0.575. The summed E-state index contributed by atoms with van der Waals surface area (Å²) < 4.78 is 8.86. The Morgan fingerprint density at radius 2 is 1.80 bits per heavy atom. The Bertz CT molecular complexity index is 1680. The van der Waals surface area contributed by atoms with E-state index in [1.165, 1.54) is 17.1 Å². The molecule has 5 aromatic rings. The number of nitrogens with zero attached hydrogens (tertiary/aromatic N) is 5. The number of hydrogen-bond donors (Lipinski definition) is 1. The first kappa shape index (κ1) is 22.1. The number of carbonyl (C=O) groups excluding carboxylic acids is 2. The topological polar surface area (TPSA) is 112 Å². The zero-order valence-corrected chi connectivity index (χ0v) is 19.3. The number of amides is 1. The van der Waals surface area contributed by atoms with E-state index in [9.17, 15) is 14.4 Å². The molecule has 35 heavy (non-hydrogen) atoms. The van der Waals surface area contributed by atoms with E-state index < -0.39 is 17.6 Å². The Morgan fingerprint density at radius 1 is 1.00 bits per heavy atom. The lowest BCUT2D eigenvalue weighted by atomic mass is 10.0. The molecule has 3 heterocycles. The van der Waals surface area contributed by atoms with Gasteiger partial charge < -0.3 is 10.1 Å². The van der Waals surface area contributed by atoms with Gasteiger partial charge in [0.2, 0.25) is 5.91 Å². The average Bonchev–Trinajstić information content (AvgIpc) is 3.42. The van der Waals surface area contributed by atoms with Crippen LogP contribution in [0.2, 0.25) is 0 Å². The lowest BCUT2D eigenvalue weighted by Crippen LogP contribution is -2.28. The molecule has 176 valence electrons. The summed E-state index contributed by atoms with van der Waals surface area (Å²) in [4.78, 5) is 37.6. The third kappa shape index (κ3) is 3.95. The van der Waals surface area contributed by atoms with Crippen LogP contribution < -0.4 is 11.0 Å². The highest BCUT2D eigenvalue weighted by Crippen LogP contribution is 2.23. The molecular formula is C25H22N6O4. The molecular weight excluding hydrogens is 448 g/mol. The normalized spacial score (nSPS) is 11.2. The third-order valence-corrected chi connectivity index (χ3v) is 5.89. The van der Waals surface area contributed by atoms with Crippen LogP contribution in [0.5, 0.6) is 0 Å². The van der Waals surface area contributed by atoms with Crippen LogP contribution in [-0.4, -0.2) is 42.8 Å². The van der Waals surface area contributed by atoms with Crippen molar-refractivity contribution in [2.75, 3.05) is 12.4 Å². The van der Waals surface area contributed by atoms with Crippen molar-refractivity contribution in [3.05, 3.63) is 88.1 Å². The van der Waals surface area contributed by atoms with Crippen molar-refractivity contribution >= 4 is 28.7 Å². The van der Waals surface area contributed by atoms with Crippen LogP contribution in [0.1, 0.15) is 21.5 Å². The second-order valence-electron chi connectivity index (χ2n) is 8.18. The number of carbonyl (C=O) groups is 2. The van der Waals surface area contributed by atoms with Gasteiger partial charge in [0.15, 0.2) is 5.65 Å². The van der Waals surface area contributed by atoms with Gasteiger partial charge in [-0.25, -0.2) is 23.2 Å². The monoisotopic (exact) mass is 470 g/mol. The minimum absolute atomic E-state index is 0.213. The fraction of sp³-hybridized carbons (Fsp3) is 0.160. The maximum atomic E-state index is 12.9. The van der Waals surface area contributed by atoms with Gasteiger partial charge in [0.1, 0.15) is 12.1 Å². The maximum Gasteiger partial charge on any atom is 0.350 e. The number of methoxy groups -OCH3 is 1. The van der Waals surface area contributed by atoms with Gasteiger partial charge in [-0.2, -0.15) is 5.10 Å². The number of ether oxygens (including phenoxy) is 1. The Morgan fingerprint density at radius 3 is 2.57 bits per heavy atom. The molecule has 0 saturated heterocycles. The Labute approximate surface area is 199 Å². The van der Waals surface area contributed by atoms with Crippen LogP contribution in [0.15, 0.2) is 65.7 Å². The maximum absolute atomic E-state index is 12.9. The molecule has 0 aliphatic heterocycles. The molecule has 2 aromatic carbocycles. The smallest absolute Gasteiger partial charge is 0.350 e. The van der Waals surface area contributed by atoms with Crippen LogP contribution >= 0.6 is 0 Å². The number of rotatable bonds is 5. The summed E-state index contributed by atoms with van der Waals surface area (Å²) in [5.41, 5.74) is 5.11. The second-order valence-corrected chi connectivity index (χ2v) is 8.18. The van der Waals surface area contributed by atoms with Gasteiger partial charge in [0.25, 0.3) is 0 Å². The lowest BCUT2D eigenvalue weighted by molar-refractivity contribution is -0.117. The first-order chi connectivity index (χ1) is 16.9. The first-order valence-electron chi connectivity index (χ1n) is 10.9. The molecule has 0 atom stereocenters. The fourth-order valence-electron chi connectivity index (χ4n) is 3.88. The predicted octanol–water partition coefficient (Wildman–Crippen LogP) is 2.85. The number of nitrogens with one attached hydrogen (secondary N) is 1. The molecule has 3 aromatic heterocycles. The van der Waals surface area contributed by atoms with Crippen LogP contribution in [-0.2, 0) is 16.1 Å². The number of esters is 1. The van der Waals surface area contributed by atoms with Crippen molar-refractivity contribution in [2.24, 2.45) is 0 Å². The minimum Gasteiger partial charge on any atom is -0.465 e. The Hall–Kier alpha value is -4.73. The molecule has 0 aliphatic carbocycles. The zero-order chi connectivity index (χ0) is 24.7. The van der Waals surface area contributed by atoms with E-state index in [0.717, 1.165) is 21.5 Å². The number of fused-ring (bicyclic) bond motifs is 3. The molecule has 10 heteroatoms. The van der Waals surface area contributed by atoms with Crippen LogP contribution in [0.25, 0.3) is 22.4 Å². The molecule has 5 rings (SSSR count). The van der Waals surface area contributed by atoms with E-state index in [-0.39, 0.29) is 17.8 Å². The summed E-state index contributed by atoms with van der Waals surface area (Å²) in [7, 11) is 1.26. The standard InChI is InChI=1S/C25H22N6O4/c1-15-8-9-17(12-16(15)2)20-13-21-23-28-31(25(34)29(23)10-11-30(21)27-20)14-22(32)26-19-7-5-4-6-18(19)24(33)35-3/h4-13H,14H2,1-3H3,(H,26,32). The van der Waals surface area contributed by atoms with Crippen LogP contribution in [0.3, 0.4) is 0 Å².